The van der Waals surface area contributed by atoms with Gasteiger partial charge in [0.25, 0.3) is 5.89 Å². The molecule has 0 unspecified atom stereocenters. The van der Waals surface area contributed by atoms with Gasteiger partial charge in [-0.3, -0.25) is 0 Å². The van der Waals surface area contributed by atoms with Crippen molar-refractivity contribution in [2.45, 2.75) is 0 Å². The molecule has 0 atom stereocenters. The molecule has 3 rings (SSSR count). The average Bonchev–Trinajstić information content (AvgIpc) is 3.07. The van der Waals surface area contributed by atoms with Gasteiger partial charge in [-0.05, 0) is 18.2 Å². The molecule has 0 fully saturated rings. The quantitative estimate of drug-likeness (QED) is 0.778. The molecule has 7 nitrogen and oxygen atoms in total. The number of nitrogens with zero attached hydrogens (tertiary/aromatic N) is 4. The largest absolute Gasteiger partial charge is 0.480 e. The van der Waals surface area contributed by atoms with Crippen LogP contribution in [0.2, 0.25) is 0 Å². The van der Waals surface area contributed by atoms with Crippen molar-refractivity contribution in [2.75, 3.05) is 12.8 Å². The van der Waals surface area contributed by atoms with Crippen LogP contribution in [0.15, 0.2) is 28.8 Å². The van der Waals surface area contributed by atoms with Gasteiger partial charge in [0.2, 0.25) is 11.7 Å². The van der Waals surface area contributed by atoms with E-state index < -0.39 is 0 Å². The predicted molar refractivity (Wildman–Crippen MR) is 69.6 cm³/mol. The summed E-state index contributed by atoms with van der Waals surface area (Å²) in [5.41, 5.74) is 6.17. The van der Waals surface area contributed by atoms with Crippen LogP contribution in [0, 0.1) is 0 Å². The maximum Gasteiger partial charge on any atom is 0.268 e. The molecule has 3 aromatic heterocycles. The summed E-state index contributed by atoms with van der Waals surface area (Å²) in [6.07, 6.45) is 0. The van der Waals surface area contributed by atoms with E-state index in [1.165, 1.54) is 18.4 Å². The molecule has 0 radical (unpaired) electrons. The van der Waals surface area contributed by atoms with E-state index in [-0.39, 0.29) is 0 Å². The van der Waals surface area contributed by atoms with Crippen molar-refractivity contribution < 1.29 is 9.26 Å². The fourth-order valence-corrected chi connectivity index (χ4v) is 2.14. The van der Waals surface area contributed by atoms with E-state index in [1.807, 2.05) is 6.07 Å². The summed E-state index contributed by atoms with van der Waals surface area (Å²) < 4.78 is 10.1. The van der Waals surface area contributed by atoms with E-state index in [2.05, 4.69) is 20.3 Å². The molecule has 96 valence electrons. The molecular formula is C11H9N5O2S. The molecular weight excluding hydrogens is 266 g/mol. The van der Waals surface area contributed by atoms with Gasteiger partial charge in [-0.15, -0.1) is 21.5 Å². The molecule has 19 heavy (non-hydrogen) atoms. The molecule has 0 saturated heterocycles. The van der Waals surface area contributed by atoms with Crippen molar-refractivity contribution in [1.82, 2.24) is 20.3 Å². The number of nitrogens with two attached hydrogens (primary N) is 1. The highest BCUT2D eigenvalue weighted by molar-refractivity contribution is 7.19. The van der Waals surface area contributed by atoms with Gasteiger partial charge in [0.1, 0.15) is 5.69 Å². The highest BCUT2D eigenvalue weighted by Crippen LogP contribution is 2.29. The molecule has 0 aromatic carbocycles. The Labute approximate surface area is 112 Å². The Bertz CT molecular complexity index is 691. The zero-order chi connectivity index (χ0) is 13.2. The lowest BCUT2D eigenvalue weighted by molar-refractivity contribution is 0.392. The fraction of sp³-hybridized carbons (Fsp3) is 0.0909. The van der Waals surface area contributed by atoms with Crippen molar-refractivity contribution in [1.29, 1.82) is 0 Å². The summed E-state index contributed by atoms with van der Waals surface area (Å²) >= 11 is 1.38. The smallest absolute Gasteiger partial charge is 0.268 e. The molecule has 0 aliphatic heterocycles. The third kappa shape index (κ3) is 2.25. The first-order valence-corrected chi connectivity index (χ1v) is 6.15. The Hall–Kier alpha value is -2.48. The number of methoxy groups -OCH3 is 1. The first kappa shape index (κ1) is 11.6. The topological polar surface area (TPSA) is 100.0 Å². The number of rotatable bonds is 3. The van der Waals surface area contributed by atoms with Gasteiger partial charge in [-0.2, -0.15) is 4.98 Å². The molecule has 3 heterocycles. The molecule has 3 aromatic rings. The van der Waals surface area contributed by atoms with Gasteiger partial charge in [0.05, 0.1) is 17.0 Å². The third-order valence-corrected chi connectivity index (χ3v) is 3.24. The molecule has 0 amide bonds. The van der Waals surface area contributed by atoms with E-state index in [0.29, 0.717) is 28.3 Å². The third-order valence-electron chi connectivity index (χ3n) is 2.34. The standard InChI is InChI=1S/C11H9N5O2S/c1-17-9-5-2-6(14-15-9)10-13-11(18-16-10)7-3-4-8(12)19-7/h2-5H,12H2,1H3. The summed E-state index contributed by atoms with van der Waals surface area (Å²) in [5, 5.41) is 12.4. The molecule has 0 bridgehead atoms. The van der Waals surface area contributed by atoms with Crippen molar-refractivity contribution >= 4 is 16.3 Å². The van der Waals surface area contributed by atoms with Gasteiger partial charge in [-0.1, -0.05) is 5.16 Å². The number of hydrogen-bond acceptors (Lipinski definition) is 8. The summed E-state index contributed by atoms with van der Waals surface area (Å²) in [7, 11) is 1.53. The molecule has 0 saturated carbocycles. The Kier molecular flexibility index (Phi) is 2.84. The SMILES string of the molecule is COc1ccc(-c2noc(-c3ccc(N)s3)n2)nn1. The lowest BCUT2D eigenvalue weighted by Crippen LogP contribution is -1.92. The van der Waals surface area contributed by atoms with E-state index in [1.54, 1.807) is 18.2 Å². The second kappa shape index (κ2) is 4.65. The normalized spacial score (nSPS) is 10.6. The average molecular weight is 275 g/mol. The van der Waals surface area contributed by atoms with Crippen LogP contribution in [0.1, 0.15) is 0 Å². The van der Waals surface area contributed by atoms with Crippen LogP contribution in [0.3, 0.4) is 0 Å². The van der Waals surface area contributed by atoms with Crippen LogP contribution >= 0.6 is 11.3 Å². The summed E-state index contributed by atoms with van der Waals surface area (Å²) in [6, 6.07) is 7.01. The van der Waals surface area contributed by atoms with Crippen LogP contribution in [0.5, 0.6) is 5.88 Å². The molecule has 0 spiro atoms. The number of aromatic nitrogens is 4. The maximum absolute atomic E-state index is 5.66. The minimum absolute atomic E-state index is 0.372. The van der Waals surface area contributed by atoms with Gasteiger partial charge in [0, 0.05) is 6.07 Å². The Morgan fingerprint density at radius 3 is 2.74 bits per heavy atom. The van der Waals surface area contributed by atoms with Crippen LogP contribution < -0.4 is 10.5 Å². The number of nitrogen functional groups attached to an aromatic ring is 1. The predicted octanol–water partition coefficient (Wildman–Crippen LogP) is 1.85. The lowest BCUT2D eigenvalue weighted by atomic mass is 10.4. The molecule has 0 aliphatic rings. The highest BCUT2D eigenvalue weighted by atomic mass is 32.1. The van der Waals surface area contributed by atoms with Crippen LogP contribution in [-0.4, -0.2) is 27.4 Å². The second-order valence-electron chi connectivity index (χ2n) is 3.59. The Balaban J connectivity index is 1.91. The van der Waals surface area contributed by atoms with Gasteiger partial charge in [-0.25, -0.2) is 0 Å². The summed E-state index contributed by atoms with van der Waals surface area (Å²) in [5.74, 6) is 1.21. The van der Waals surface area contributed by atoms with E-state index >= 15 is 0 Å². The minimum Gasteiger partial charge on any atom is -0.480 e. The highest BCUT2D eigenvalue weighted by Gasteiger charge is 2.13. The van der Waals surface area contributed by atoms with E-state index in [4.69, 9.17) is 15.0 Å². The maximum atomic E-state index is 5.66. The van der Waals surface area contributed by atoms with Gasteiger partial charge >= 0.3 is 0 Å². The summed E-state index contributed by atoms with van der Waals surface area (Å²) in [6.45, 7) is 0. The van der Waals surface area contributed by atoms with Gasteiger partial charge in [0.15, 0.2) is 0 Å². The van der Waals surface area contributed by atoms with Crippen molar-refractivity contribution in [2.24, 2.45) is 0 Å². The zero-order valence-electron chi connectivity index (χ0n) is 9.90. The molecule has 8 heteroatoms. The van der Waals surface area contributed by atoms with E-state index in [0.717, 1.165) is 4.88 Å². The Morgan fingerprint density at radius 2 is 2.11 bits per heavy atom. The monoisotopic (exact) mass is 275 g/mol. The number of ether oxygens (including phenoxy) is 1. The number of anilines is 1. The van der Waals surface area contributed by atoms with Crippen molar-refractivity contribution in [3.63, 3.8) is 0 Å². The first-order chi connectivity index (χ1) is 9.26. The number of hydrogen-bond donors (Lipinski definition) is 1. The summed E-state index contributed by atoms with van der Waals surface area (Å²) in [4.78, 5) is 5.07. The Morgan fingerprint density at radius 1 is 1.21 bits per heavy atom. The van der Waals surface area contributed by atoms with Crippen LogP contribution in [0.25, 0.3) is 22.3 Å². The van der Waals surface area contributed by atoms with Crippen molar-refractivity contribution in [3.05, 3.63) is 24.3 Å². The molecule has 2 N–H and O–H groups in total. The zero-order valence-corrected chi connectivity index (χ0v) is 10.7. The second-order valence-corrected chi connectivity index (χ2v) is 4.70. The van der Waals surface area contributed by atoms with Crippen LogP contribution in [0.4, 0.5) is 5.00 Å². The molecule has 0 aliphatic carbocycles. The van der Waals surface area contributed by atoms with E-state index in [9.17, 15) is 0 Å². The first-order valence-electron chi connectivity index (χ1n) is 5.34. The fourth-order valence-electron chi connectivity index (χ4n) is 1.44. The lowest BCUT2D eigenvalue weighted by Gasteiger charge is -1.96. The number of thiophene rings is 1. The van der Waals surface area contributed by atoms with Gasteiger partial charge < -0.3 is 15.0 Å². The minimum atomic E-state index is 0.372. The van der Waals surface area contributed by atoms with Crippen LogP contribution in [-0.2, 0) is 0 Å². The van der Waals surface area contributed by atoms with Crippen molar-refractivity contribution in [3.8, 4) is 28.2 Å².